The smallest absolute Gasteiger partial charge is 0.337 e. The zero-order chi connectivity index (χ0) is 11.8. The van der Waals surface area contributed by atoms with Crippen molar-refractivity contribution in [1.82, 2.24) is 0 Å². The molecule has 14 heavy (non-hydrogen) atoms. The molecule has 0 heterocycles. The lowest BCUT2D eigenvalue weighted by molar-refractivity contribution is -0.335. The first-order valence-corrected chi connectivity index (χ1v) is 3.80. The van der Waals surface area contributed by atoms with Crippen LogP contribution in [0.15, 0.2) is 0 Å². The van der Waals surface area contributed by atoms with E-state index in [0.29, 0.717) is 0 Å². The molecular weight excluding hydrogens is 214 g/mol. The van der Waals surface area contributed by atoms with E-state index in [0.717, 1.165) is 6.92 Å². The fourth-order valence-corrected chi connectivity index (χ4v) is 0.425. The van der Waals surface area contributed by atoms with Crippen molar-refractivity contribution in [1.29, 1.82) is 0 Å². The summed E-state index contributed by atoms with van der Waals surface area (Å²) in [4.78, 5) is 0. The molecule has 7 heteroatoms. The third-order valence-electron chi connectivity index (χ3n) is 0.968. The van der Waals surface area contributed by atoms with Crippen molar-refractivity contribution in [3.63, 3.8) is 0 Å². The van der Waals surface area contributed by atoms with Crippen LogP contribution in [0.1, 0.15) is 13.8 Å². The summed E-state index contributed by atoms with van der Waals surface area (Å²) in [6.45, 7) is -0.389. The van der Waals surface area contributed by atoms with Crippen LogP contribution >= 0.6 is 0 Å². The standard InChI is InChI=1S/C5H7F5O.C2H5F/c1-2-11-4(7,3-6)5(8,9)10;1-2-3/h2-3H2,1H3;2H2,1H3. The van der Waals surface area contributed by atoms with E-state index >= 15 is 0 Å². The Hall–Kier alpha value is -0.460. The second-order valence-corrected chi connectivity index (χ2v) is 2.06. The number of rotatable bonds is 3. The van der Waals surface area contributed by atoms with E-state index < -0.39 is 25.3 Å². The molecule has 0 aromatic rings. The maximum atomic E-state index is 12.3. The molecule has 1 unspecified atom stereocenters. The van der Waals surface area contributed by atoms with Gasteiger partial charge in [-0.3, -0.25) is 4.39 Å². The first kappa shape index (κ1) is 16.0. The van der Waals surface area contributed by atoms with E-state index in [4.69, 9.17) is 0 Å². The van der Waals surface area contributed by atoms with Gasteiger partial charge in [0.05, 0.1) is 6.67 Å². The summed E-state index contributed by atoms with van der Waals surface area (Å²) < 4.78 is 72.3. The molecule has 0 aliphatic heterocycles. The van der Waals surface area contributed by atoms with Gasteiger partial charge in [0.25, 0.3) is 0 Å². The van der Waals surface area contributed by atoms with E-state index in [1.165, 1.54) is 6.92 Å². The molecule has 1 nitrogen and oxygen atoms in total. The Bertz CT molecular complexity index is 137. The average molecular weight is 226 g/mol. The van der Waals surface area contributed by atoms with Crippen LogP contribution < -0.4 is 0 Å². The van der Waals surface area contributed by atoms with Gasteiger partial charge in [-0.2, -0.15) is 17.6 Å². The van der Waals surface area contributed by atoms with Gasteiger partial charge in [-0.1, -0.05) is 0 Å². The van der Waals surface area contributed by atoms with Gasteiger partial charge in [-0.05, 0) is 13.8 Å². The SMILES string of the molecule is CCF.CCOC(F)(CF)C(F)(F)F. The zero-order valence-electron chi connectivity index (χ0n) is 7.80. The molecule has 0 radical (unpaired) electrons. The maximum Gasteiger partial charge on any atom is 0.451 e. The molecule has 1 atom stereocenters. The molecular formula is C7H12F6O. The van der Waals surface area contributed by atoms with E-state index in [1.807, 2.05) is 0 Å². The number of hydrogen-bond acceptors (Lipinski definition) is 1. The van der Waals surface area contributed by atoms with Gasteiger partial charge in [0.1, 0.15) is 0 Å². The summed E-state index contributed by atoms with van der Waals surface area (Å²) in [6, 6.07) is 0. The molecule has 0 spiro atoms. The highest BCUT2D eigenvalue weighted by Crippen LogP contribution is 2.35. The van der Waals surface area contributed by atoms with Gasteiger partial charge >= 0.3 is 12.0 Å². The van der Waals surface area contributed by atoms with Crippen molar-refractivity contribution in [2.24, 2.45) is 0 Å². The fourth-order valence-electron chi connectivity index (χ4n) is 0.425. The molecule has 0 saturated heterocycles. The predicted octanol–water partition coefficient (Wildman–Crippen LogP) is 3.20. The number of alkyl halides is 6. The quantitative estimate of drug-likeness (QED) is 0.671. The van der Waals surface area contributed by atoms with Gasteiger partial charge in [0, 0.05) is 6.61 Å². The summed E-state index contributed by atoms with van der Waals surface area (Å²) >= 11 is 0. The van der Waals surface area contributed by atoms with Crippen LogP contribution in [-0.4, -0.2) is 32.0 Å². The Kier molecular flexibility index (Phi) is 7.90. The van der Waals surface area contributed by atoms with Gasteiger partial charge in [0.2, 0.25) is 0 Å². The topological polar surface area (TPSA) is 9.23 Å². The second-order valence-electron chi connectivity index (χ2n) is 2.06. The third kappa shape index (κ3) is 5.31. The summed E-state index contributed by atoms with van der Waals surface area (Å²) in [7, 11) is 0. The monoisotopic (exact) mass is 226 g/mol. The van der Waals surface area contributed by atoms with Gasteiger partial charge in [0.15, 0.2) is 6.67 Å². The van der Waals surface area contributed by atoms with Gasteiger partial charge in [-0.25, -0.2) is 4.39 Å². The van der Waals surface area contributed by atoms with Crippen molar-refractivity contribution in [2.45, 2.75) is 25.9 Å². The summed E-state index contributed by atoms with van der Waals surface area (Å²) in [5.74, 6) is -4.14. The van der Waals surface area contributed by atoms with Crippen LogP contribution in [0.25, 0.3) is 0 Å². The van der Waals surface area contributed by atoms with Crippen molar-refractivity contribution in [3.05, 3.63) is 0 Å². The van der Waals surface area contributed by atoms with Gasteiger partial charge < -0.3 is 4.74 Å². The highest BCUT2D eigenvalue weighted by atomic mass is 19.4. The minimum Gasteiger partial charge on any atom is -0.337 e. The average Bonchev–Trinajstić information content (AvgIpc) is 2.04. The van der Waals surface area contributed by atoms with Crippen molar-refractivity contribution in [3.8, 4) is 0 Å². The van der Waals surface area contributed by atoms with Crippen LogP contribution in [-0.2, 0) is 4.74 Å². The highest BCUT2D eigenvalue weighted by molar-refractivity contribution is 4.76. The molecule has 0 bridgehead atoms. The zero-order valence-corrected chi connectivity index (χ0v) is 7.80. The van der Waals surface area contributed by atoms with Crippen molar-refractivity contribution < 1.29 is 31.1 Å². The van der Waals surface area contributed by atoms with E-state index in [2.05, 4.69) is 4.74 Å². The van der Waals surface area contributed by atoms with Crippen LogP contribution in [0.2, 0.25) is 0 Å². The molecule has 0 aliphatic rings. The molecule has 0 amide bonds. The van der Waals surface area contributed by atoms with E-state index in [-0.39, 0.29) is 6.67 Å². The lowest BCUT2D eigenvalue weighted by Crippen LogP contribution is -2.45. The van der Waals surface area contributed by atoms with E-state index in [1.54, 1.807) is 0 Å². The van der Waals surface area contributed by atoms with Crippen LogP contribution in [0, 0.1) is 0 Å². The Balaban J connectivity index is 0. The summed E-state index contributed by atoms with van der Waals surface area (Å²) in [5.41, 5.74) is 0. The molecule has 0 fully saturated rings. The third-order valence-corrected chi connectivity index (χ3v) is 0.968. The molecule has 0 aliphatic carbocycles. The maximum absolute atomic E-state index is 12.3. The molecule has 0 aromatic heterocycles. The van der Waals surface area contributed by atoms with Crippen LogP contribution in [0.4, 0.5) is 26.3 Å². The molecule has 0 N–H and O–H groups in total. The summed E-state index contributed by atoms with van der Waals surface area (Å²) in [6.07, 6.45) is -5.31. The fraction of sp³-hybridized carbons (Fsp3) is 1.00. The Morgan fingerprint density at radius 3 is 1.43 bits per heavy atom. The largest absolute Gasteiger partial charge is 0.451 e. The molecule has 88 valence electrons. The normalized spacial score (nSPS) is 15.4. The minimum atomic E-state index is -5.31. The lowest BCUT2D eigenvalue weighted by atomic mass is 10.3. The van der Waals surface area contributed by atoms with Crippen LogP contribution in [0.5, 0.6) is 0 Å². The number of hydrogen-bond donors (Lipinski definition) is 0. The van der Waals surface area contributed by atoms with Crippen molar-refractivity contribution >= 4 is 0 Å². The van der Waals surface area contributed by atoms with Gasteiger partial charge in [-0.15, -0.1) is 0 Å². The Morgan fingerprint density at radius 2 is 1.36 bits per heavy atom. The summed E-state index contributed by atoms with van der Waals surface area (Å²) in [5, 5.41) is 0. The van der Waals surface area contributed by atoms with Crippen molar-refractivity contribution in [2.75, 3.05) is 20.0 Å². The van der Waals surface area contributed by atoms with Crippen LogP contribution in [0.3, 0.4) is 0 Å². The molecule has 0 rings (SSSR count). The first-order valence-electron chi connectivity index (χ1n) is 3.80. The second kappa shape index (κ2) is 6.92. The Labute approximate surface area is 78.0 Å². The predicted molar refractivity (Wildman–Crippen MR) is 39.1 cm³/mol. The van der Waals surface area contributed by atoms with E-state index in [9.17, 15) is 26.3 Å². The number of ether oxygens (including phenoxy) is 1. The number of halogens is 6. The molecule has 0 aromatic carbocycles. The minimum absolute atomic E-state index is 0.250. The first-order chi connectivity index (χ1) is 6.29. The Morgan fingerprint density at radius 1 is 1.00 bits per heavy atom. The lowest BCUT2D eigenvalue weighted by Gasteiger charge is -2.23. The molecule has 0 saturated carbocycles. The highest BCUT2D eigenvalue weighted by Gasteiger charge is 2.57.